The predicted molar refractivity (Wildman–Crippen MR) is 108 cm³/mol. The van der Waals surface area contributed by atoms with Gasteiger partial charge in [0.2, 0.25) is 5.91 Å². The molecule has 0 unspecified atom stereocenters. The van der Waals surface area contributed by atoms with Crippen molar-refractivity contribution >= 4 is 29.5 Å². The Balaban J connectivity index is 2.69. The largest absolute Gasteiger partial charge is 0.452 e. The average Bonchev–Trinajstić information content (AvgIpc) is 2.63. The first-order valence-corrected chi connectivity index (χ1v) is 9.98. The van der Waals surface area contributed by atoms with Crippen LogP contribution in [0.5, 0.6) is 0 Å². The van der Waals surface area contributed by atoms with Gasteiger partial charge in [0.15, 0.2) is 6.61 Å². The SMILES string of the molecule is CC(C)NC(=O)CSc1ccccc1C(=O)OCC(=O)N[C@@](C)(C#N)C(C)C. The number of nitrogens with zero attached hydrogens (tertiary/aromatic N) is 1. The highest BCUT2D eigenvalue weighted by molar-refractivity contribution is 8.00. The quantitative estimate of drug-likeness (QED) is 0.483. The molecular weight excluding hydrogens is 378 g/mol. The molecule has 1 aromatic carbocycles. The van der Waals surface area contributed by atoms with E-state index in [1.807, 2.05) is 27.7 Å². The molecule has 2 amide bonds. The average molecular weight is 406 g/mol. The van der Waals surface area contributed by atoms with E-state index in [-0.39, 0.29) is 29.2 Å². The zero-order valence-corrected chi connectivity index (χ0v) is 17.7. The lowest BCUT2D eigenvalue weighted by atomic mass is 9.90. The second-order valence-electron chi connectivity index (χ2n) is 7.10. The van der Waals surface area contributed by atoms with E-state index in [1.54, 1.807) is 31.2 Å². The van der Waals surface area contributed by atoms with Crippen LogP contribution in [0.1, 0.15) is 45.0 Å². The highest BCUT2D eigenvalue weighted by atomic mass is 32.2. The van der Waals surface area contributed by atoms with E-state index in [9.17, 15) is 19.6 Å². The minimum Gasteiger partial charge on any atom is -0.452 e. The van der Waals surface area contributed by atoms with Gasteiger partial charge in [0.1, 0.15) is 5.54 Å². The summed E-state index contributed by atoms with van der Waals surface area (Å²) < 4.78 is 5.10. The summed E-state index contributed by atoms with van der Waals surface area (Å²) in [6, 6.07) is 8.84. The van der Waals surface area contributed by atoms with Crippen molar-refractivity contribution in [2.24, 2.45) is 5.92 Å². The number of nitrogens with one attached hydrogen (secondary N) is 2. The maximum absolute atomic E-state index is 12.4. The Morgan fingerprint density at radius 3 is 2.39 bits per heavy atom. The van der Waals surface area contributed by atoms with Gasteiger partial charge in [-0.3, -0.25) is 9.59 Å². The summed E-state index contributed by atoms with van der Waals surface area (Å²) in [5.41, 5.74) is -0.759. The smallest absolute Gasteiger partial charge is 0.339 e. The number of benzene rings is 1. The molecule has 1 aromatic rings. The summed E-state index contributed by atoms with van der Waals surface area (Å²) in [6.45, 7) is 8.50. The molecule has 152 valence electrons. The standard InChI is InChI=1S/C20H27N3O4S/c1-13(2)20(5,12-21)23-17(24)10-27-19(26)15-8-6-7-9-16(15)28-11-18(25)22-14(3)4/h6-9,13-14H,10-11H2,1-5H3,(H,22,25)(H,23,24)/t20-/m0/s1. The van der Waals surface area contributed by atoms with Crippen molar-refractivity contribution in [3.05, 3.63) is 29.8 Å². The van der Waals surface area contributed by atoms with Gasteiger partial charge < -0.3 is 15.4 Å². The second-order valence-corrected chi connectivity index (χ2v) is 8.12. The Kier molecular flexibility index (Phi) is 9.00. The fraction of sp³-hybridized carbons (Fsp3) is 0.500. The fourth-order valence-electron chi connectivity index (χ4n) is 2.10. The lowest BCUT2D eigenvalue weighted by Gasteiger charge is -2.27. The number of ether oxygens (including phenoxy) is 1. The Hall–Kier alpha value is -2.53. The van der Waals surface area contributed by atoms with E-state index >= 15 is 0 Å². The molecule has 0 aliphatic carbocycles. The molecule has 0 aromatic heterocycles. The molecule has 2 N–H and O–H groups in total. The number of amides is 2. The lowest BCUT2D eigenvalue weighted by Crippen LogP contribution is -2.50. The highest BCUT2D eigenvalue weighted by Gasteiger charge is 2.30. The zero-order chi connectivity index (χ0) is 21.3. The van der Waals surface area contributed by atoms with Crippen molar-refractivity contribution in [3.8, 4) is 6.07 Å². The van der Waals surface area contributed by atoms with Crippen LogP contribution in [0.25, 0.3) is 0 Å². The van der Waals surface area contributed by atoms with Gasteiger partial charge in [-0.15, -0.1) is 11.8 Å². The van der Waals surface area contributed by atoms with E-state index < -0.39 is 24.0 Å². The summed E-state index contributed by atoms with van der Waals surface area (Å²) in [5, 5.41) is 14.6. The number of carbonyl (C=O) groups excluding carboxylic acids is 3. The van der Waals surface area contributed by atoms with E-state index in [4.69, 9.17) is 4.74 Å². The lowest BCUT2D eigenvalue weighted by molar-refractivity contribution is -0.125. The summed E-state index contributed by atoms with van der Waals surface area (Å²) >= 11 is 1.22. The van der Waals surface area contributed by atoms with E-state index in [0.29, 0.717) is 4.90 Å². The van der Waals surface area contributed by atoms with Crippen molar-refractivity contribution in [2.45, 2.75) is 51.1 Å². The molecule has 1 atom stereocenters. The molecule has 0 saturated carbocycles. The fourth-order valence-corrected chi connectivity index (χ4v) is 2.96. The Labute approximate surface area is 170 Å². The number of hydrogen-bond acceptors (Lipinski definition) is 6. The van der Waals surface area contributed by atoms with Crippen LogP contribution in [-0.4, -0.2) is 41.7 Å². The summed E-state index contributed by atoms with van der Waals surface area (Å²) in [7, 11) is 0. The zero-order valence-electron chi connectivity index (χ0n) is 16.9. The third-order valence-electron chi connectivity index (χ3n) is 4.04. The van der Waals surface area contributed by atoms with Gasteiger partial charge in [0.25, 0.3) is 5.91 Å². The molecule has 0 aliphatic heterocycles. The van der Waals surface area contributed by atoms with E-state index in [0.717, 1.165) is 0 Å². The van der Waals surface area contributed by atoms with Crippen molar-refractivity contribution in [2.75, 3.05) is 12.4 Å². The van der Waals surface area contributed by atoms with Gasteiger partial charge in [-0.25, -0.2) is 4.79 Å². The van der Waals surface area contributed by atoms with Crippen LogP contribution >= 0.6 is 11.8 Å². The van der Waals surface area contributed by atoms with Crippen LogP contribution in [0.4, 0.5) is 0 Å². The van der Waals surface area contributed by atoms with Gasteiger partial charge in [0, 0.05) is 10.9 Å². The minimum absolute atomic E-state index is 0.0387. The first kappa shape index (κ1) is 23.5. The first-order chi connectivity index (χ1) is 13.1. The number of esters is 1. The molecule has 0 saturated heterocycles. The second kappa shape index (κ2) is 10.7. The first-order valence-electron chi connectivity index (χ1n) is 8.99. The van der Waals surface area contributed by atoms with Gasteiger partial charge in [0.05, 0.1) is 17.4 Å². The van der Waals surface area contributed by atoms with Crippen LogP contribution < -0.4 is 10.6 Å². The Morgan fingerprint density at radius 2 is 1.82 bits per heavy atom. The summed E-state index contributed by atoms with van der Waals surface area (Å²) in [5.74, 6) is -1.28. The topological polar surface area (TPSA) is 108 Å². The molecule has 1 rings (SSSR count). The molecule has 0 spiro atoms. The van der Waals surface area contributed by atoms with Crippen LogP contribution in [0, 0.1) is 17.2 Å². The molecular formula is C20H27N3O4S. The Morgan fingerprint density at radius 1 is 1.18 bits per heavy atom. The summed E-state index contributed by atoms with van der Waals surface area (Å²) in [4.78, 5) is 36.8. The molecule has 0 fully saturated rings. The molecule has 0 bridgehead atoms. The van der Waals surface area contributed by atoms with Crippen LogP contribution in [0.2, 0.25) is 0 Å². The van der Waals surface area contributed by atoms with Gasteiger partial charge in [-0.05, 0) is 38.8 Å². The number of nitriles is 1. The van der Waals surface area contributed by atoms with Gasteiger partial charge in [-0.2, -0.15) is 5.26 Å². The van der Waals surface area contributed by atoms with Crippen LogP contribution in [-0.2, 0) is 14.3 Å². The molecule has 8 heteroatoms. The van der Waals surface area contributed by atoms with Gasteiger partial charge in [-0.1, -0.05) is 26.0 Å². The molecule has 0 aliphatic rings. The molecule has 0 heterocycles. The molecule has 28 heavy (non-hydrogen) atoms. The third kappa shape index (κ3) is 7.24. The number of hydrogen-bond donors (Lipinski definition) is 2. The van der Waals surface area contributed by atoms with Gasteiger partial charge >= 0.3 is 5.97 Å². The highest BCUT2D eigenvalue weighted by Crippen LogP contribution is 2.23. The van der Waals surface area contributed by atoms with Crippen molar-refractivity contribution in [1.29, 1.82) is 5.26 Å². The normalized spacial score (nSPS) is 12.8. The Bertz CT molecular complexity index is 758. The summed E-state index contributed by atoms with van der Waals surface area (Å²) in [6.07, 6.45) is 0. The number of carbonyl (C=O) groups is 3. The minimum atomic E-state index is -1.04. The van der Waals surface area contributed by atoms with E-state index in [2.05, 4.69) is 16.7 Å². The van der Waals surface area contributed by atoms with Crippen LogP contribution in [0.15, 0.2) is 29.2 Å². The monoisotopic (exact) mass is 405 g/mol. The third-order valence-corrected chi connectivity index (χ3v) is 5.11. The van der Waals surface area contributed by atoms with Crippen molar-refractivity contribution in [3.63, 3.8) is 0 Å². The molecule has 7 nitrogen and oxygen atoms in total. The maximum atomic E-state index is 12.4. The van der Waals surface area contributed by atoms with E-state index in [1.165, 1.54) is 11.8 Å². The van der Waals surface area contributed by atoms with Crippen LogP contribution in [0.3, 0.4) is 0 Å². The molecule has 0 radical (unpaired) electrons. The maximum Gasteiger partial charge on any atom is 0.339 e. The number of thioether (sulfide) groups is 1. The van der Waals surface area contributed by atoms with Crippen molar-refractivity contribution < 1.29 is 19.1 Å². The predicted octanol–water partition coefficient (Wildman–Crippen LogP) is 2.51. The van der Waals surface area contributed by atoms with Crippen molar-refractivity contribution in [1.82, 2.24) is 10.6 Å². The number of rotatable bonds is 9.